The molecule has 0 radical (unpaired) electrons. The van der Waals surface area contributed by atoms with Crippen molar-refractivity contribution in [2.45, 2.75) is 11.8 Å². The van der Waals surface area contributed by atoms with Crippen molar-refractivity contribution in [3.8, 4) is 11.8 Å². The van der Waals surface area contributed by atoms with Gasteiger partial charge in [0.15, 0.2) is 0 Å². The highest BCUT2D eigenvalue weighted by Crippen LogP contribution is 2.10. The van der Waals surface area contributed by atoms with Gasteiger partial charge in [-0.05, 0) is 25.1 Å². The van der Waals surface area contributed by atoms with Crippen LogP contribution in [-0.4, -0.2) is 39.1 Å². The molecule has 0 unspecified atom stereocenters. The van der Waals surface area contributed by atoms with Crippen LogP contribution in [0, 0.1) is 11.8 Å². The van der Waals surface area contributed by atoms with Crippen LogP contribution < -0.4 is 10.0 Å². The van der Waals surface area contributed by atoms with Crippen molar-refractivity contribution in [1.29, 1.82) is 0 Å². The number of sulfonamides is 1. The Kier molecular flexibility index (Phi) is 6.18. The number of aliphatic hydroxyl groups excluding tert-OH is 1. The standard InChI is InChI=1S/C13H16N2O4S/c1-2-14-13(17)10-15-20(18,19)12-7-3-5-11(9-12)6-4-8-16/h3,5,7,9,15-16H,2,8,10H2,1H3,(H,14,17). The average Bonchev–Trinajstić information content (AvgIpc) is 2.44. The highest BCUT2D eigenvalue weighted by atomic mass is 32.2. The van der Waals surface area contributed by atoms with Gasteiger partial charge in [0.25, 0.3) is 0 Å². The topological polar surface area (TPSA) is 95.5 Å². The number of rotatable bonds is 5. The van der Waals surface area contributed by atoms with Crippen molar-refractivity contribution in [3.05, 3.63) is 29.8 Å². The second-order valence-corrected chi connectivity index (χ2v) is 5.53. The Hall–Kier alpha value is -1.88. The third-order valence-electron chi connectivity index (χ3n) is 2.25. The summed E-state index contributed by atoms with van der Waals surface area (Å²) >= 11 is 0. The van der Waals surface area contributed by atoms with Crippen molar-refractivity contribution >= 4 is 15.9 Å². The molecule has 1 rings (SSSR count). The van der Waals surface area contributed by atoms with Gasteiger partial charge in [0.1, 0.15) is 6.61 Å². The fourth-order valence-corrected chi connectivity index (χ4v) is 2.41. The summed E-state index contributed by atoms with van der Waals surface area (Å²) in [6.45, 7) is 1.57. The van der Waals surface area contributed by atoms with E-state index in [4.69, 9.17) is 5.11 Å². The van der Waals surface area contributed by atoms with Crippen LogP contribution in [0.3, 0.4) is 0 Å². The average molecular weight is 296 g/mol. The van der Waals surface area contributed by atoms with Gasteiger partial charge in [-0.25, -0.2) is 13.1 Å². The number of benzene rings is 1. The van der Waals surface area contributed by atoms with Crippen LogP contribution in [0.4, 0.5) is 0 Å². The molecule has 0 aliphatic heterocycles. The fraction of sp³-hybridized carbons (Fsp3) is 0.308. The minimum atomic E-state index is -3.76. The number of carbonyl (C=O) groups excluding carboxylic acids is 1. The number of carbonyl (C=O) groups is 1. The summed E-state index contributed by atoms with van der Waals surface area (Å²) in [5, 5.41) is 11.1. The first-order chi connectivity index (χ1) is 9.49. The van der Waals surface area contributed by atoms with E-state index in [1.54, 1.807) is 19.1 Å². The number of hydrogen-bond donors (Lipinski definition) is 3. The molecule has 20 heavy (non-hydrogen) atoms. The van der Waals surface area contributed by atoms with Crippen molar-refractivity contribution in [2.75, 3.05) is 19.7 Å². The van der Waals surface area contributed by atoms with Gasteiger partial charge in [0, 0.05) is 12.1 Å². The Morgan fingerprint density at radius 2 is 2.15 bits per heavy atom. The Bertz CT molecular complexity index is 629. The molecule has 0 aromatic heterocycles. The van der Waals surface area contributed by atoms with Gasteiger partial charge in [-0.2, -0.15) is 0 Å². The molecule has 7 heteroatoms. The van der Waals surface area contributed by atoms with Crippen molar-refractivity contribution in [1.82, 2.24) is 10.0 Å². The SMILES string of the molecule is CCNC(=O)CNS(=O)(=O)c1cccc(C#CCO)c1. The molecule has 1 aromatic rings. The number of likely N-dealkylation sites (N-methyl/N-ethyl adjacent to an activating group) is 1. The molecular formula is C13H16N2O4S. The third kappa shape index (κ3) is 5.01. The Morgan fingerprint density at radius 1 is 1.40 bits per heavy atom. The molecule has 3 N–H and O–H groups in total. The first kappa shape index (κ1) is 16.2. The normalized spacial score (nSPS) is 10.5. The summed E-state index contributed by atoms with van der Waals surface area (Å²) < 4.78 is 26.2. The van der Waals surface area contributed by atoms with Crippen LogP contribution in [-0.2, 0) is 14.8 Å². The molecule has 0 atom stereocenters. The molecule has 0 saturated carbocycles. The molecule has 0 bridgehead atoms. The van der Waals surface area contributed by atoms with E-state index in [2.05, 4.69) is 21.9 Å². The number of hydrogen-bond acceptors (Lipinski definition) is 4. The fourth-order valence-electron chi connectivity index (χ4n) is 1.39. The number of amides is 1. The zero-order chi connectivity index (χ0) is 15.0. The van der Waals surface area contributed by atoms with Crippen LogP contribution in [0.5, 0.6) is 0 Å². The van der Waals surface area contributed by atoms with E-state index < -0.39 is 15.9 Å². The van der Waals surface area contributed by atoms with Crippen molar-refractivity contribution < 1.29 is 18.3 Å². The third-order valence-corrected chi connectivity index (χ3v) is 3.65. The first-order valence-electron chi connectivity index (χ1n) is 5.95. The van der Waals surface area contributed by atoms with Gasteiger partial charge in [0.2, 0.25) is 15.9 Å². The van der Waals surface area contributed by atoms with E-state index in [9.17, 15) is 13.2 Å². The molecular weight excluding hydrogens is 280 g/mol. The number of aliphatic hydroxyl groups is 1. The van der Waals surface area contributed by atoms with E-state index >= 15 is 0 Å². The Labute approximate surface area is 118 Å². The molecule has 1 amide bonds. The quantitative estimate of drug-likeness (QED) is 0.635. The molecule has 1 aromatic carbocycles. The zero-order valence-electron chi connectivity index (χ0n) is 11.0. The lowest BCUT2D eigenvalue weighted by Crippen LogP contribution is -2.36. The zero-order valence-corrected chi connectivity index (χ0v) is 11.8. The Morgan fingerprint density at radius 3 is 2.80 bits per heavy atom. The molecule has 0 fully saturated rings. The van der Waals surface area contributed by atoms with Crippen LogP contribution in [0.25, 0.3) is 0 Å². The minimum absolute atomic E-state index is 0.0199. The van der Waals surface area contributed by atoms with Gasteiger partial charge >= 0.3 is 0 Å². The smallest absolute Gasteiger partial charge is 0.241 e. The predicted molar refractivity (Wildman–Crippen MR) is 74.3 cm³/mol. The highest BCUT2D eigenvalue weighted by molar-refractivity contribution is 7.89. The van der Waals surface area contributed by atoms with Gasteiger partial charge in [-0.1, -0.05) is 17.9 Å². The van der Waals surface area contributed by atoms with E-state index in [0.29, 0.717) is 12.1 Å². The maximum Gasteiger partial charge on any atom is 0.241 e. The van der Waals surface area contributed by atoms with Gasteiger partial charge in [0.05, 0.1) is 11.4 Å². The van der Waals surface area contributed by atoms with Crippen LogP contribution in [0.2, 0.25) is 0 Å². The maximum absolute atomic E-state index is 12.0. The largest absolute Gasteiger partial charge is 0.384 e. The van der Waals surface area contributed by atoms with Crippen LogP contribution >= 0.6 is 0 Å². The van der Waals surface area contributed by atoms with Gasteiger partial charge in [-0.3, -0.25) is 4.79 Å². The first-order valence-corrected chi connectivity index (χ1v) is 7.44. The summed E-state index contributed by atoms with van der Waals surface area (Å²) in [6, 6.07) is 5.96. The molecule has 0 spiro atoms. The summed E-state index contributed by atoms with van der Waals surface area (Å²) in [5.74, 6) is 4.66. The summed E-state index contributed by atoms with van der Waals surface area (Å²) in [7, 11) is -3.76. The Balaban J connectivity index is 2.84. The molecule has 0 aliphatic carbocycles. The van der Waals surface area contributed by atoms with Crippen LogP contribution in [0.15, 0.2) is 29.2 Å². The second kappa shape index (κ2) is 7.65. The van der Waals surface area contributed by atoms with E-state index in [-0.39, 0.29) is 18.0 Å². The molecule has 0 heterocycles. The molecule has 0 aliphatic rings. The molecule has 0 saturated heterocycles. The van der Waals surface area contributed by atoms with E-state index in [1.165, 1.54) is 12.1 Å². The summed E-state index contributed by atoms with van der Waals surface area (Å²) in [6.07, 6.45) is 0. The maximum atomic E-state index is 12.0. The van der Waals surface area contributed by atoms with Gasteiger partial charge in [-0.15, -0.1) is 0 Å². The van der Waals surface area contributed by atoms with E-state index in [1.807, 2.05) is 0 Å². The predicted octanol–water partition coefficient (Wildman–Crippen LogP) is -0.555. The van der Waals surface area contributed by atoms with E-state index in [0.717, 1.165) is 0 Å². The lowest BCUT2D eigenvalue weighted by molar-refractivity contribution is -0.119. The lowest BCUT2D eigenvalue weighted by atomic mass is 10.2. The lowest BCUT2D eigenvalue weighted by Gasteiger charge is -2.07. The minimum Gasteiger partial charge on any atom is -0.384 e. The monoisotopic (exact) mass is 296 g/mol. The van der Waals surface area contributed by atoms with Gasteiger partial charge < -0.3 is 10.4 Å². The summed E-state index contributed by atoms with van der Waals surface area (Å²) in [4.78, 5) is 11.3. The molecule has 108 valence electrons. The highest BCUT2D eigenvalue weighted by Gasteiger charge is 2.15. The summed E-state index contributed by atoms with van der Waals surface area (Å²) in [5.41, 5.74) is 0.472. The number of nitrogens with one attached hydrogen (secondary N) is 2. The van der Waals surface area contributed by atoms with Crippen molar-refractivity contribution in [3.63, 3.8) is 0 Å². The van der Waals surface area contributed by atoms with Crippen LogP contribution in [0.1, 0.15) is 12.5 Å². The second-order valence-electron chi connectivity index (χ2n) is 3.77. The van der Waals surface area contributed by atoms with Crippen molar-refractivity contribution in [2.24, 2.45) is 0 Å². The molecule has 6 nitrogen and oxygen atoms in total.